The smallest absolute Gasteiger partial charge is 0.270 e. The van der Waals surface area contributed by atoms with Gasteiger partial charge in [-0.05, 0) is 12.8 Å². The van der Waals surface area contributed by atoms with Crippen molar-refractivity contribution in [2.75, 3.05) is 19.3 Å². The van der Waals surface area contributed by atoms with E-state index in [-0.39, 0.29) is 11.9 Å². The maximum absolute atomic E-state index is 12.0. The van der Waals surface area contributed by atoms with Gasteiger partial charge in [0.05, 0.1) is 6.26 Å². The minimum atomic E-state index is -3.13. The number of hydrogen-bond acceptors (Lipinski definition) is 6. The molecule has 0 saturated carbocycles. The summed E-state index contributed by atoms with van der Waals surface area (Å²) in [6.07, 6.45) is 2.44. The molecule has 3 N–H and O–H groups in total. The van der Waals surface area contributed by atoms with Gasteiger partial charge >= 0.3 is 0 Å². The van der Waals surface area contributed by atoms with Gasteiger partial charge in [0.25, 0.3) is 5.91 Å². The lowest BCUT2D eigenvalue weighted by Gasteiger charge is -2.30. The molecule has 0 bridgehead atoms. The van der Waals surface area contributed by atoms with E-state index in [0.29, 0.717) is 38.2 Å². The number of nitrogens with two attached hydrogens (primary N) is 1. The molecule has 0 atom stereocenters. The summed E-state index contributed by atoms with van der Waals surface area (Å²) in [5, 5.41) is 5.30. The lowest BCUT2D eigenvalue weighted by molar-refractivity contribution is 0.0919. The highest BCUT2D eigenvalue weighted by Gasteiger charge is 2.26. The van der Waals surface area contributed by atoms with Crippen LogP contribution in [0, 0.1) is 0 Å². The molecule has 1 aromatic heterocycles. The highest BCUT2D eigenvalue weighted by molar-refractivity contribution is 7.88. The SMILES string of the molecule is CS(=O)(=O)N1CCC(NC(=O)c2csc(CN)n2)CC1. The van der Waals surface area contributed by atoms with Crippen LogP contribution in [0.1, 0.15) is 28.3 Å². The van der Waals surface area contributed by atoms with Crippen molar-refractivity contribution in [2.24, 2.45) is 5.73 Å². The summed E-state index contributed by atoms with van der Waals surface area (Å²) in [5.41, 5.74) is 5.83. The monoisotopic (exact) mass is 318 g/mol. The van der Waals surface area contributed by atoms with Crippen LogP contribution < -0.4 is 11.1 Å². The van der Waals surface area contributed by atoms with Gasteiger partial charge in [-0.25, -0.2) is 17.7 Å². The number of nitrogens with one attached hydrogen (secondary N) is 1. The highest BCUT2D eigenvalue weighted by atomic mass is 32.2. The van der Waals surface area contributed by atoms with E-state index in [1.807, 2.05) is 0 Å². The molecule has 9 heteroatoms. The number of nitrogens with zero attached hydrogens (tertiary/aromatic N) is 2. The summed E-state index contributed by atoms with van der Waals surface area (Å²) in [6, 6.07) is -0.0106. The van der Waals surface area contributed by atoms with Crippen molar-refractivity contribution >= 4 is 27.3 Å². The fraction of sp³-hybridized carbons (Fsp3) is 0.636. The van der Waals surface area contributed by atoms with Crippen LogP contribution in [0.5, 0.6) is 0 Å². The first-order chi connectivity index (χ1) is 9.40. The molecule has 0 aliphatic carbocycles. The number of rotatable bonds is 4. The number of sulfonamides is 1. The van der Waals surface area contributed by atoms with E-state index in [0.717, 1.165) is 5.01 Å². The van der Waals surface area contributed by atoms with Crippen LogP contribution in [0.4, 0.5) is 0 Å². The van der Waals surface area contributed by atoms with Gasteiger partial charge in [-0.1, -0.05) is 0 Å². The average molecular weight is 318 g/mol. The van der Waals surface area contributed by atoms with Crippen molar-refractivity contribution in [3.63, 3.8) is 0 Å². The van der Waals surface area contributed by atoms with Gasteiger partial charge in [-0.15, -0.1) is 11.3 Å². The number of amides is 1. The van der Waals surface area contributed by atoms with E-state index in [1.54, 1.807) is 5.38 Å². The molecular weight excluding hydrogens is 300 g/mol. The summed E-state index contributed by atoms with van der Waals surface area (Å²) in [6.45, 7) is 1.20. The summed E-state index contributed by atoms with van der Waals surface area (Å²) in [7, 11) is -3.13. The van der Waals surface area contributed by atoms with Crippen LogP contribution in [0.25, 0.3) is 0 Å². The summed E-state index contributed by atoms with van der Waals surface area (Å²) in [5.74, 6) is -0.223. The molecule has 1 saturated heterocycles. The predicted molar refractivity (Wildman–Crippen MR) is 76.9 cm³/mol. The van der Waals surface area contributed by atoms with Crippen LogP contribution in [-0.4, -0.2) is 49.0 Å². The van der Waals surface area contributed by atoms with Crippen LogP contribution in [0.15, 0.2) is 5.38 Å². The minimum Gasteiger partial charge on any atom is -0.348 e. The molecule has 1 aliphatic rings. The standard InChI is InChI=1S/C11H18N4O3S2/c1-20(17,18)15-4-2-8(3-5-15)13-11(16)9-7-19-10(6-12)14-9/h7-8H,2-6,12H2,1H3,(H,13,16). The van der Waals surface area contributed by atoms with Crippen LogP contribution in [0.3, 0.4) is 0 Å². The zero-order valence-electron chi connectivity index (χ0n) is 11.2. The molecule has 1 aliphatic heterocycles. The van der Waals surface area contributed by atoms with E-state index in [9.17, 15) is 13.2 Å². The number of carbonyl (C=O) groups is 1. The second-order valence-corrected chi connectivity index (χ2v) is 7.67. The summed E-state index contributed by atoms with van der Waals surface area (Å²) in [4.78, 5) is 16.1. The van der Waals surface area contributed by atoms with Gasteiger partial charge in [0.15, 0.2) is 0 Å². The van der Waals surface area contributed by atoms with Crippen molar-refractivity contribution < 1.29 is 13.2 Å². The molecule has 1 amide bonds. The van der Waals surface area contributed by atoms with Crippen molar-refractivity contribution in [2.45, 2.75) is 25.4 Å². The van der Waals surface area contributed by atoms with Gasteiger partial charge in [-0.3, -0.25) is 4.79 Å². The molecule has 0 radical (unpaired) electrons. The Balaban J connectivity index is 1.88. The average Bonchev–Trinajstić information content (AvgIpc) is 2.87. The molecule has 0 spiro atoms. The van der Waals surface area contributed by atoms with E-state index >= 15 is 0 Å². The van der Waals surface area contributed by atoms with E-state index in [1.165, 1.54) is 21.9 Å². The maximum Gasteiger partial charge on any atom is 0.270 e. The maximum atomic E-state index is 12.0. The van der Waals surface area contributed by atoms with Crippen LogP contribution in [0.2, 0.25) is 0 Å². The second-order valence-electron chi connectivity index (χ2n) is 4.74. The molecule has 2 heterocycles. The number of aromatic nitrogens is 1. The van der Waals surface area contributed by atoms with Crippen LogP contribution in [-0.2, 0) is 16.6 Å². The zero-order chi connectivity index (χ0) is 14.8. The van der Waals surface area contributed by atoms with E-state index in [2.05, 4.69) is 10.3 Å². The molecule has 112 valence electrons. The third-order valence-corrected chi connectivity index (χ3v) is 5.39. The normalized spacial score (nSPS) is 18.1. The number of thiazole rings is 1. The quantitative estimate of drug-likeness (QED) is 0.797. The first kappa shape index (κ1) is 15.4. The first-order valence-corrected chi connectivity index (χ1v) is 9.03. The molecule has 0 unspecified atom stereocenters. The first-order valence-electron chi connectivity index (χ1n) is 6.30. The minimum absolute atomic E-state index is 0.0106. The fourth-order valence-corrected chi connectivity index (χ4v) is 3.63. The Bertz CT molecular complexity index is 576. The largest absolute Gasteiger partial charge is 0.348 e. The Morgan fingerprint density at radius 1 is 1.55 bits per heavy atom. The third kappa shape index (κ3) is 3.75. The van der Waals surface area contributed by atoms with E-state index in [4.69, 9.17) is 5.73 Å². The topological polar surface area (TPSA) is 105 Å². The van der Waals surface area contributed by atoms with Crippen LogP contribution >= 0.6 is 11.3 Å². The van der Waals surface area contributed by atoms with Gasteiger partial charge in [0, 0.05) is 31.1 Å². The second kappa shape index (κ2) is 6.17. The van der Waals surface area contributed by atoms with Crippen molar-refractivity contribution in [3.8, 4) is 0 Å². The van der Waals surface area contributed by atoms with Crippen molar-refractivity contribution in [3.05, 3.63) is 16.1 Å². The Labute approximate surface area is 122 Å². The summed E-state index contributed by atoms with van der Waals surface area (Å²) < 4.78 is 24.2. The number of carbonyl (C=O) groups excluding carboxylic acids is 1. The van der Waals surface area contributed by atoms with Crippen molar-refractivity contribution in [1.29, 1.82) is 0 Å². The molecule has 1 aromatic rings. The Kier molecular flexibility index (Phi) is 4.74. The lowest BCUT2D eigenvalue weighted by atomic mass is 10.1. The highest BCUT2D eigenvalue weighted by Crippen LogP contribution is 2.14. The third-order valence-electron chi connectivity index (χ3n) is 3.22. The number of hydrogen-bond donors (Lipinski definition) is 2. The molecular formula is C11H18N4O3S2. The molecule has 0 aromatic carbocycles. The summed E-state index contributed by atoms with van der Waals surface area (Å²) >= 11 is 1.36. The van der Waals surface area contributed by atoms with Gasteiger partial charge in [0.2, 0.25) is 10.0 Å². The zero-order valence-corrected chi connectivity index (χ0v) is 12.8. The fourth-order valence-electron chi connectivity index (χ4n) is 2.10. The van der Waals surface area contributed by atoms with Gasteiger partial charge in [0.1, 0.15) is 10.7 Å². The molecule has 7 nitrogen and oxygen atoms in total. The molecule has 1 fully saturated rings. The Hall–Kier alpha value is -1.03. The lowest BCUT2D eigenvalue weighted by Crippen LogP contribution is -2.46. The Morgan fingerprint density at radius 2 is 2.20 bits per heavy atom. The number of piperidine rings is 1. The molecule has 2 rings (SSSR count). The van der Waals surface area contributed by atoms with E-state index < -0.39 is 10.0 Å². The van der Waals surface area contributed by atoms with Gasteiger partial charge < -0.3 is 11.1 Å². The predicted octanol–water partition coefficient (Wildman–Crippen LogP) is -0.244. The molecule has 20 heavy (non-hydrogen) atoms. The van der Waals surface area contributed by atoms with Gasteiger partial charge in [-0.2, -0.15) is 0 Å². The Morgan fingerprint density at radius 3 is 2.70 bits per heavy atom. The van der Waals surface area contributed by atoms with Crippen molar-refractivity contribution in [1.82, 2.24) is 14.6 Å².